The van der Waals surface area contributed by atoms with E-state index in [0.29, 0.717) is 10.6 Å². The van der Waals surface area contributed by atoms with Crippen LogP contribution in [0, 0.1) is 0 Å². The highest BCUT2D eigenvalue weighted by molar-refractivity contribution is 6.30. The molecule has 1 heterocycles. The van der Waals surface area contributed by atoms with E-state index in [1.807, 2.05) is 24.3 Å². The molecule has 0 aliphatic rings. The van der Waals surface area contributed by atoms with Gasteiger partial charge in [-0.1, -0.05) is 23.7 Å². The number of halogens is 1. The van der Waals surface area contributed by atoms with Crippen molar-refractivity contribution in [1.82, 2.24) is 15.2 Å². The van der Waals surface area contributed by atoms with E-state index in [0.717, 1.165) is 17.0 Å². The Bertz CT molecular complexity index is 886. The van der Waals surface area contributed by atoms with Gasteiger partial charge in [-0.3, -0.25) is 4.79 Å². The Hall–Kier alpha value is -3.12. The second kappa shape index (κ2) is 7.63. The minimum Gasteiger partial charge on any atom is -0.497 e. The van der Waals surface area contributed by atoms with Crippen LogP contribution in [0.25, 0.3) is 5.69 Å². The predicted molar refractivity (Wildman–Crippen MR) is 96.6 cm³/mol. The van der Waals surface area contributed by atoms with Gasteiger partial charge >= 0.3 is 0 Å². The van der Waals surface area contributed by atoms with Gasteiger partial charge in [0.05, 0.1) is 30.8 Å². The fraction of sp³-hybridized carbons (Fsp3) is 0.0556. The van der Waals surface area contributed by atoms with E-state index in [4.69, 9.17) is 16.3 Å². The van der Waals surface area contributed by atoms with Crippen LogP contribution >= 0.6 is 11.6 Å². The SMILES string of the molecule is COc1ccc(-n2cc(C(=O)N/N=C\c3ccc(Cl)cc3)cn2)cc1. The molecule has 0 aliphatic carbocycles. The fourth-order valence-electron chi connectivity index (χ4n) is 2.10. The molecular formula is C18H15ClN4O2. The molecule has 6 nitrogen and oxygen atoms in total. The molecule has 1 amide bonds. The second-order valence-electron chi connectivity index (χ2n) is 5.12. The van der Waals surface area contributed by atoms with Gasteiger partial charge in [0, 0.05) is 11.2 Å². The van der Waals surface area contributed by atoms with Gasteiger partial charge in [-0.25, -0.2) is 10.1 Å². The number of rotatable bonds is 5. The number of hydrogen-bond acceptors (Lipinski definition) is 4. The van der Waals surface area contributed by atoms with Gasteiger partial charge in [-0.15, -0.1) is 0 Å². The zero-order valence-electron chi connectivity index (χ0n) is 13.4. The Morgan fingerprint density at radius 1 is 1.20 bits per heavy atom. The summed E-state index contributed by atoms with van der Waals surface area (Å²) in [5.41, 5.74) is 4.53. The molecule has 0 saturated carbocycles. The number of nitrogens with zero attached hydrogens (tertiary/aromatic N) is 3. The molecule has 0 bridgehead atoms. The molecule has 0 atom stereocenters. The van der Waals surface area contributed by atoms with Crippen LogP contribution in [-0.2, 0) is 0 Å². The molecule has 7 heteroatoms. The van der Waals surface area contributed by atoms with Crippen LogP contribution in [0.15, 0.2) is 66.0 Å². The Labute approximate surface area is 149 Å². The molecular weight excluding hydrogens is 340 g/mol. The second-order valence-corrected chi connectivity index (χ2v) is 5.56. The van der Waals surface area contributed by atoms with Crippen LogP contribution in [-0.4, -0.2) is 29.0 Å². The zero-order valence-corrected chi connectivity index (χ0v) is 14.1. The topological polar surface area (TPSA) is 68.5 Å². The Balaban J connectivity index is 1.64. The summed E-state index contributed by atoms with van der Waals surface area (Å²) >= 11 is 5.82. The van der Waals surface area contributed by atoms with Crippen molar-refractivity contribution < 1.29 is 9.53 Å². The summed E-state index contributed by atoms with van der Waals surface area (Å²) in [6, 6.07) is 14.5. The maximum Gasteiger partial charge on any atom is 0.274 e. The van der Waals surface area contributed by atoms with Gasteiger partial charge in [0.15, 0.2) is 0 Å². The summed E-state index contributed by atoms with van der Waals surface area (Å²) in [4.78, 5) is 12.1. The van der Waals surface area contributed by atoms with E-state index < -0.39 is 0 Å². The van der Waals surface area contributed by atoms with Crippen LogP contribution < -0.4 is 10.2 Å². The molecule has 0 fully saturated rings. The highest BCUT2D eigenvalue weighted by Gasteiger charge is 2.08. The van der Waals surface area contributed by atoms with Crippen LogP contribution in [0.3, 0.4) is 0 Å². The number of hydrogen-bond donors (Lipinski definition) is 1. The number of nitrogens with one attached hydrogen (secondary N) is 1. The molecule has 3 aromatic rings. The molecule has 25 heavy (non-hydrogen) atoms. The summed E-state index contributed by atoms with van der Waals surface area (Å²) in [5, 5.41) is 8.76. The summed E-state index contributed by atoms with van der Waals surface area (Å²) in [5.74, 6) is 0.412. The molecule has 3 rings (SSSR count). The van der Waals surface area contributed by atoms with E-state index in [9.17, 15) is 4.79 Å². The highest BCUT2D eigenvalue weighted by atomic mass is 35.5. The number of ether oxygens (including phenoxy) is 1. The van der Waals surface area contributed by atoms with Crippen molar-refractivity contribution in [2.75, 3.05) is 7.11 Å². The average Bonchev–Trinajstić information content (AvgIpc) is 3.13. The van der Waals surface area contributed by atoms with Gasteiger partial charge < -0.3 is 4.74 Å². The van der Waals surface area contributed by atoms with Crippen molar-refractivity contribution in [1.29, 1.82) is 0 Å². The number of hydrazone groups is 1. The third kappa shape index (κ3) is 4.24. The third-order valence-electron chi connectivity index (χ3n) is 3.43. The van der Waals surface area contributed by atoms with Crippen molar-refractivity contribution in [2.45, 2.75) is 0 Å². The minimum atomic E-state index is -0.343. The number of amides is 1. The standard InChI is InChI=1S/C18H15ClN4O2/c1-25-17-8-6-16(7-9-17)23-12-14(11-21-23)18(24)22-20-10-13-2-4-15(19)5-3-13/h2-12H,1H3,(H,22,24)/b20-10-. The van der Waals surface area contributed by atoms with Gasteiger partial charge in [0.2, 0.25) is 0 Å². The van der Waals surface area contributed by atoms with Gasteiger partial charge in [-0.2, -0.15) is 10.2 Å². The fourth-order valence-corrected chi connectivity index (χ4v) is 2.22. The molecule has 0 saturated heterocycles. The van der Waals surface area contributed by atoms with Crippen LogP contribution in [0.2, 0.25) is 5.02 Å². The minimum absolute atomic E-state index is 0.343. The van der Waals surface area contributed by atoms with Crippen LogP contribution in [0.5, 0.6) is 5.75 Å². The summed E-state index contributed by atoms with van der Waals surface area (Å²) in [7, 11) is 1.61. The highest BCUT2D eigenvalue weighted by Crippen LogP contribution is 2.14. The molecule has 0 unspecified atom stereocenters. The summed E-state index contributed by atoms with van der Waals surface area (Å²) < 4.78 is 6.73. The van der Waals surface area contributed by atoms with Crippen molar-refractivity contribution in [3.8, 4) is 11.4 Å². The Kier molecular flexibility index (Phi) is 5.11. The first-order chi connectivity index (χ1) is 12.2. The van der Waals surface area contributed by atoms with Crippen molar-refractivity contribution in [2.24, 2.45) is 5.10 Å². The lowest BCUT2D eigenvalue weighted by Crippen LogP contribution is -2.16. The molecule has 0 spiro atoms. The third-order valence-corrected chi connectivity index (χ3v) is 3.68. The van der Waals surface area contributed by atoms with Crippen molar-refractivity contribution in [3.63, 3.8) is 0 Å². The lowest BCUT2D eigenvalue weighted by atomic mass is 10.2. The lowest BCUT2D eigenvalue weighted by molar-refractivity contribution is 0.0955. The number of methoxy groups -OCH3 is 1. The van der Waals surface area contributed by atoms with Gasteiger partial charge in [0.25, 0.3) is 5.91 Å². The van der Waals surface area contributed by atoms with Crippen molar-refractivity contribution in [3.05, 3.63) is 77.1 Å². The zero-order chi connectivity index (χ0) is 17.6. The maximum atomic E-state index is 12.1. The molecule has 0 radical (unpaired) electrons. The van der Waals surface area contributed by atoms with E-state index in [1.54, 1.807) is 48.5 Å². The Morgan fingerprint density at radius 2 is 1.92 bits per heavy atom. The molecule has 2 aromatic carbocycles. The number of carbonyl (C=O) groups is 1. The smallest absolute Gasteiger partial charge is 0.274 e. The largest absolute Gasteiger partial charge is 0.497 e. The lowest BCUT2D eigenvalue weighted by Gasteiger charge is -2.02. The normalized spacial score (nSPS) is 10.8. The van der Waals surface area contributed by atoms with Gasteiger partial charge in [-0.05, 0) is 42.0 Å². The average molecular weight is 355 g/mol. The first-order valence-corrected chi connectivity index (χ1v) is 7.81. The number of benzene rings is 2. The summed E-state index contributed by atoms with van der Waals surface area (Å²) in [6.07, 6.45) is 4.66. The van der Waals surface area contributed by atoms with E-state index in [1.165, 1.54) is 6.20 Å². The molecule has 126 valence electrons. The first-order valence-electron chi connectivity index (χ1n) is 7.44. The van der Waals surface area contributed by atoms with Gasteiger partial charge in [0.1, 0.15) is 5.75 Å². The first kappa shape index (κ1) is 16.7. The Morgan fingerprint density at radius 3 is 2.60 bits per heavy atom. The molecule has 1 N–H and O–H groups in total. The van der Waals surface area contributed by atoms with E-state index in [2.05, 4.69) is 15.6 Å². The monoisotopic (exact) mass is 354 g/mol. The van der Waals surface area contributed by atoms with Crippen LogP contribution in [0.4, 0.5) is 0 Å². The summed E-state index contributed by atoms with van der Waals surface area (Å²) in [6.45, 7) is 0. The number of carbonyl (C=O) groups excluding carboxylic acids is 1. The quantitative estimate of drug-likeness (QED) is 0.564. The van der Waals surface area contributed by atoms with E-state index >= 15 is 0 Å². The maximum absolute atomic E-state index is 12.1. The van der Waals surface area contributed by atoms with E-state index in [-0.39, 0.29) is 5.91 Å². The van der Waals surface area contributed by atoms with Crippen LogP contribution in [0.1, 0.15) is 15.9 Å². The van der Waals surface area contributed by atoms with Crippen molar-refractivity contribution >= 4 is 23.7 Å². The predicted octanol–water partition coefficient (Wildman–Crippen LogP) is 3.30. The molecule has 1 aromatic heterocycles. The molecule has 0 aliphatic heterocycles. The number of aromatic nitrogens is 2.